The summed E-state index contributed by atoms with van der Waals surface area (Å²) in [5.74, 6) is 0. The Morgan fingerprint density at radius 1 is 0.917 bits per heavy atom. The first-order valence-electron chi connectivity index (χ1n) is 3.46. The molecule has 0 aliphatic heterocycles. The second-order valence-electron chi connectivity index (χ2n) is 1.80. The first kappa shape index (κ1) is 12.9. The van der Waals surface area contributed by atoms with Crippen LogP contribution in [0, 0.1) is 22.7 Å². The van der Waals surface area contributed by atoms with Crippen molar-refractivity contribution in [2.24, 2.45) is 0 Å². The van der Waals surface area contributed by atoms with Crippen LogP contribution in [0.1, 0.15) is 25.7 Å². The molecular weight excluding hydrogens is 156 g/mol. The second kappa shape index (κ2) is 16.2. The lowest BCUT2D eigenvalue weighted by molar-refractivity contribution is -0.122. The predicted molar refractivity (Wildman–Crippen MR) is 41.8 cm³/mol. The summed E-state index contributed by atoms with van der Waals surface area (Å²) in [7, 11) is 0. The number of carbonyl (C=O) groups excluding carboxylic acids is 2. The van der Waals surface area contributed by atoms with E-state index in [1.807, 2.05) is 12.1 Å². The van der Waals surface area contributed by atoms with E-state index in [1.165, 1.54) is 0 Å². The molecule has 0 atom stereocenters. The van der Waals surface area contributed by atoms with Crippen LogP contribution in [0.3, 0.4) is 0 Å². The summed E-state index contributed by atoms with van der Waals surface area (Å²) in [5.41, 5.74) is 0. The normalized spacial score (nSPS) is 6.50. The molecule has 0 aliphatic carbocycles. The zero-order valence-corrected chi connectivity index (χ0v) is 6.69. The fourth-order valence-corrected chi connectivity index (χ4v) is 0.408. The fraction of sp³-hybridized carbons (Fsp3) is 0.500. The van der Waals surface area contributed by atoms with Crippen LogP contribution >= 0.6 is 0 Å². The van der Waals surface area contributed by atoms with Crippen LogP contribution in [0.2, 0.25) is 0 Å². The molecule has 0 aromatic heterocycles. The molecule has 0 amide bonds. The van der Waals surface area contributed by atoms with Crippen molar-refractivity contribution >= 4 is 12.6 Å². The minimum Gasteiger partial charge on any atom is -0.295 e. The summed E-state index contributed by atoms with van der Waals surface area (Å²) in [6.07, 6.45) is 3.29. The average Bonchev–Trinajstić information content (AvgIpc) is 2.13. The van der Waals surface area contributed by atoms with Crippen LogP contribution in [0.25, 0.3) is 0 Å². The van der Waals surface area contributed by atoms with Gasteiger partial charge >= 0.3 is 0 Å². The zero-order valence-electron chi connectivity index (χ0n) is 6.69. The molecule has 4 heteroatoms. The first-order chi connectivity index (χ1) is 5.83. The summed E-state index contributed by atoms with van der Waals surface area (Å²) in [5, 5.41) is 16.1. The van der Waals surface area contributed by atoms with Gasteiger partial charge < -0.3 is 0 Å². The summed E-state index contributed by atoms with van der Waals surface area (Å²) in [6.45, 7) is 0. The summed E-state index contributed by atoms with van der Waals surface area (Å²) in [6, 6.07) is 4.03. The molecule has 0 N–H and O–H groups in total. The van der Waals surface area contributed by atoms with Crippen LogP contribution in [0.5, 0.6) is 0 Å². The number of aldehydes is 2. The van der Waals surface area contributed by atoms with Gasteiger partial charge in [-0.25, -0.2) is 0 Å². The molecule has 0 aromatic rings. The van der Waals surface area contributed by atoms with Gasteiger partial charge in [-0.15, -0.1) is 0 Å². The largest absolute Gasteiger partial charge is 0.295 e. The molecule has 0 radical (unpaired) electrons. The third-order valence-electron chi connectivity index (χ3n) is 0.883. The van der Waals surface area contributed by atoms with Gasteiger partial charge in [0.1, 0.15) is 0 Å². The monoisotopic (exact) mass is 166 g/mol. The Balaban J connectivity index is 0. The number of nitriles is 2. The van der Waals surface area contributed by atoms with E-state index in [-0.39, 0.29) is 12.6 Å². The summed E-state index contributed by atoms with van der Waals surface area (Å²) in [4.78, 5) is 17.6. The number of unbranched alkanes of at least 4 members (excludes halogenated alkanes) is 3. The SMILES string of the molecule is N#CCCCCC#N.O=CC=O. The number of rotatable bonds is 4. The van der Waals surface area contributed by atoms with E-state index in [0.29, 0.717) is 12.8 Å². The van der Waals surface area contributed by atoms with Crippen molar-refractivity contribution in [2.75, 3.05) is 0 Å². The quantitative estimate of drug-likeness (QED) is 0.354. The Kier molecular flexibility index (Phi) is 17.4. The van der Waals surface area contributed by atoms with Crippen LogP contribution in [-0.4, -0.2) is 12.6 Å². The van der Waals surface area contributed by atoms with Crippen LogP contribution in [0.15, 0.2) is 0 Å². The Labute approximate surface area is 71.4 Å². The van der Waals surface area contributed by atoms with E-state index < -0.39 is 0 Å². The lowest BCUT2D eigenvalue weighted by atomic mass is 10.2. The zero-order chi connectivity index (χ0) is 9.66. The van der Waals surface area contributed by atoms with Crippen molar-refractivity contribution in [1.82, 2.24) is 0 Å². The molecule has 0 saturated carbocycles. The number of carbonyl (C=O) groups is 2. The minimum atomic E-state index is 0.194. The maximum Gasteiger partial charge on any atom is 0.182 e. The van der Waals surface area contributed by atoms with Gasteiger partial charge in [0.2, 0.25) is 0 Å². The van der Waals surface area contributed by atoms with Gasteiger partial charge in [0.25, 0.3) is 0 Å². The first-order valence-corrected chi connectivity index (χ1v) is 3.46. The van der Waals surface area contributed by atoms with Gasteiger partial charge in [0, 0.05) is 12.8 Å². The van der Waals surface area contributed by atoms with E-state index in [4.69, 9.17) is 20.1 Å². The fourth-order valence-electron chi connectivity index (χ4n) is 0.408. The van der Waals surface area contributed by atoms with Crippen molar-refractivity contribution in [3.63, 3.8) is 0 Å². The number of nitrogens with zero attached hydrogens (tertiary/aromatic N) is 2. The smallest absolute Gasteiger partial charge is 0.182 e. The van der Waals surface area contributed by atoms with E-state index in [9.17, 15) is 0 Å². The highest BCUT2D eigenvalue weighted by Crippen LogP contribution is 1.95. The number of hydrogen-bond donors (Lipinski definition) is 0. The molecule has 12 heavy (non-hydrogen) atoms. The summed E-state index contributed by atoms with van der Waals surface area (Å²) < 4.78 is 0. The third-order valence-corrected chi connectivity index (χ3v) is 0.883. The highest BCUT2D eigenvalue weighted by molar-refractivity contribution is 6.09. The van der Waals surface area contributed by atoms with Crippen LogP contribution in [-0.2, 0) is 9.59 Å². The van der Waals surface area contributed by atoms with Gasteiger partial charge in [-0.05, 0) is 12.8 Å². The van der Waals surface area contributed by atoms with Gasteiger partial charge in [-0.3, -0.25) is 9.59 Å². The Hall–Kier alpha value is -1.68. The lowest BCUT2D eigenvalue weighted by Gasteiger charge is -1.83. The molecule has 0 bridgehead atoms. The highest BCUT2D eigenvalue weighted by Gasteiger charge is 1.83. The molecule has 4 nitrogen and oxygen atoms in total. The molecule has 0 aliphatic rings. The molecule has 0 saturated heterocycles. The Morgan fingerprint density at radius 2 is 1.25 bits per heavy atom. The third kappa shape index (κ3) is 23.9. The number of hydrogen-bond acceptors (Lipinski definition) is 4. The van der Waals surface area contributed by atoms with E-state index >= 15 is 0 Å². The van der Waals surface area contributed by atoms with E-state index in [0.717, 1.165) is 12.8 Å². The molecule has 0 spiro atoms. The van der Waals surface area contributed by atoms with Crippen LogP contribution in [0.4, 0.5) is 0 Å². The van der Waals surface area contributed by atoms with E-state index in [2.05, 4.69) is 0 Å². The highest BCUT2D eigenvalue weighted by atomic mass is 16.2. The predicted octanol–water partition coefficient (Wildman–Crippen LogP) is 0.978. The van der Waals surface area contributed by atoms with Crippen LogP contribution < -0.4 is 0 Å². The Bertz CT molecular complexity index is 166. The van der Waals surface area contributed by atoms with E-state index in [1.54, 1.807) is 0 Å². The van der Waals surface area contributed by atoms with Gasteiger partial charge in [-0.2, -0.15) is 10.5 Å². The molecule has 0 rings (SSSR count). The standard InChI is InChI=1S/C6H8N2.C2H2O2/c7-5-3-1-2-4-6-8;3-1-2-4/h1-4H2;1-2H. The topological polar surface area (TPSA) is 81.7 Å². The molecule has 0 aromatic carbocycles. The molecule has 0 fully saturated rings. The average molecular weight is 166 g/mol. The van der Waals surface area contributed by atoms with Crippen molar-refractivity contribution < 1.29 is 9.59 Å². The molecule has 0 heterocycles. The van der Waals surface area contributed by atoms with Gasteiger partial charge in [0.05, 0.1) is 12.1 Å². The molecule has 0 unspecified atom stereocenters. The maximum atomic E-state index is 8.81. The minimum absolute atomic E-state index is 0.194. The lowest BCUT2D eigenvalue weighted by Crippen LogP contribution is -1.70. The van der Waals surface area contributed by atoms with Gasteiger partial charge in [-0.1, -0.05) is 0 Å². The molecule has 64 valence electrons. The maximum absolute atomic E-state index is 8.81. The second-order valence-corrected chi connectivity index (χ2v) is 1.80. The van der Waals surface area contributed by atoms with Crippen molar-refractivity contribution in [1.29, 1.82) is 10.5 Å². The van der Waals surface area contributed by atoms with Crippen molar-refractivity contribution in [3.05, 3.63) is 0 Å². The summed E-state index contributed by atoms with van der Waals surface area (Å²) >= 11 is 0. The van der Waals surface area contributed by atoms with Crippen molar-refractivity contribution in [3.8, 4) is 12.1 Å². The van der Waals surface area contributed by atoms with Crippen molar-refractivity contribution in [2.45, 2.75) is 25.7 Å². The molecular formula is C8H10N2O2. The van der Waals surface area contributed by atoms with Gasteiger partial charge in [0.15, 0.2) is 12.6 Å². The Morgan fingerprint density at radius 3 is 1.42 bits per heavy atom.